The molecule has 0 amide bonds. The van der Waals surface area contributed by atoms with Crippen LogP contribution in [0.25, 0.3) is 16.7 Å². The molecule has 1 aromatic carbocycles. The maximum atomic E-state index is 11.5. The van der Waals surface area contributed by atoms with Crippen molar-refractivity contribution < 1.29 is 4.92 Å². The molecular formula is C14H10N4O3. The van der Waals surface area contributed by atoms with Crippen LogP contribution in [0.15, 0.2) is 47.8 Å². The number of nitro groups is 1. The summed E-state index contributed by atoms with van der Waals surface area (Å²) in [6.07, 6.45) is 4.02. The zero-order chi connectivity index (χ0) is 15.0. The van der Waals surface area contributed by atoms with Crippen molar-refractivity contribution in [3.8, 4) is 5.82 Å². The normalized spacial score (nSPS) is 10.7. The topological polar surface area (TPSA) is 90.9 Å². The van der Waals surface area contributed by atoms with Gasteiger partial charge in [0.05, 0.1) is 16.6 Å². The number of hydrogen-bond acceptors (Lipinski definition) is 5. The molecule has 2 aromatic heterocycles. The average Bonchev–Trinajstić information content (AvgIpc) is 2.47. The molecule has 0 aliphatic heterocycles. The van der Waals surface area contributed by atoms with Crippen LogP contribution in [0.5, 0.6) is 0 Å². The molecule has 21 heavy (non-hydrogen) atoms. The van der Waals surface area contributed by atoms with E-state index in [1.54, 1.807) is 0 Å². The Kier molecular flexibility index (Phi) is 2.94. The molecule has 0 aliphatic rings. The Hall–Kier alpha value is -3.09. The minimum absolute atomic E-state index is 0.489. The fourth-order valence-electron chi connectivity index (χ4n) is 2.10. The number of aryl methyl sites for hydroxylation is 1. The fourth-order valence-corrected chi connectivity index (χ4v) is 2.10. The molecule has 0 saturated carbocycles. The van der Waals surface area contributed by atoms with Gasteiger partial charge in [-0.15, -0.1) is 0 Å². The van der Waals surface area contributed by atoms with Crippen molar-refractivity contribution in [2.45, 2.75) is 6.92 Å². The van der Waals surface area contributed by atoms with Crippen LogP contribution in [0.4, 0.5) is 5.69 Å². The molecule has 0 atom stereocenters. The Morgan fingerprint density at radius 1 is 1.24 bits per heavy atom. The quantitative estimate of drug-likeness (QED) is 0.529. The zero-order valence-electron chi connectivity index (χ0n) is 11.1. The van der Waals surface area contributed by atoms with E-state index in [9.17, 15) is 14.9 Å². The molecular weight excluding hydrogens is 272 g/mol. The molecule has 104 valence electrons. The summed E-state index contributed by atoms with van der Waals surface area (Å²) < 4.78 is 1.46. The number of aromatic nitrogens is 3. The second-order valence-corrected chi connectivity index (χ2v) is 4.58. The molecule has 0 radical (unpaired) electrons. The molecule has 0 unspecified atom stereocenters. The molecule has 3 rings (SSSR count). The van der Waals surface area contributed by atoms with Gasteiger partial charge in [-0.1, -0.05) is 11.6 Å². The highest BCUT2D eigenvalue weighted by atomic mass is 16.6. The van der Waals surface area contributed by atoms with E-state index in [4.69, 9.17) is 0 Å². The van der Waals surface area contributed by atoms with Crippen molar-refractivity contribution >= 4 is 16.6 Å². The third kappa shape index (κ3) is 2.25. The SMILES string of the molecule is Cc1ccc2ncnc(-n3ccc(=O)c([N+](=O)[O-])c3)c2c1. The highest BCUT2D eigenvalue weighted by Gasteiger charge is 2.14. The first kappa shape index (κ1) is 12.9. The third-order valence-corrected chi connectivity index (χ3v) is 3.11. The summed E-state index contributed by atoms with van der Waals surface area (Å²) in [6, 6.07) is 6.83. The highest BCUT2D eigenvalue weighted by molar-refractivity contribution is 5.85. The van der Waals surface area contributed by atoms with E-state index in [2.05, 4.69) is 9.97 Å². The summed E-state index contributed by atoms with van der Waals surface area (Å²) in [5, 5.41) is 11.6. The Labute approximate surface area is 118 Å². The second-order valence-electron chi connectivity index (χ2n) is 4.58. The molecule has 7 heteroatoms. The van der Waals surface area contributed by atoms with Gasteiger partial charge in [0, 0.05) is 17.6 Å². The maximum absolute atomic E-state index is 11.5. The van der Waals surface area contributed by atoms with Crippen molar-refractivity contribution in [3.63, 3.8) is 0 Å². The summed E-state index contributed by atoms with van der Waals surface area (Å²) in [6.45, 7) is 1.93. The van der Waals surface area contributed by atoms with Gasteiger partial charge in [0.15, 0.2) is 0 Å². The zero-order valence-corrected chi connectivity index (χ0v) is 11.1. The third-order valence-electron chi connectivity index (χ3n) is 3.11. The first-order valence-corrected chi connectivity index (χ1v) is 6.15. The molecule has 0 bridgehead atoms. The minimum atomic E-state index is -0.701. The summed E-state index contributed by atoms with van der Waals surface area (Å²) >= 11 is 0. The Balaban J connectivity index is 2.30. The lowest BCUT2D eigenvalue weighted by Gasteiger charge is -2.08. The lowest BCUT2D eigenvalue weighted by atomic mass is 10.1. The Morgan fingerprint density at radius 3 is 2.81 bits per heavy atom. The Bertz CT molecular complexity index is 917. The maximum Gasteiger partial charge on any atom is 0.332 e. The van der Waals surface area contributed by atoms with Crippen molar-refractivity contribution in [3.05, 3.63) is 68.9 Å². The van der Waals surface area contributed by atoms with Gasteiger partial charge in [-0.2, -0.15) is 0 Å². The summed E-state index contributed by atoms with van der Waals surface area (Å²) in [5.41, 5.74) is 0.628. The number of hydrogen-bond donors (Lipinski definition) is 0. The van der Waals surface area contributed by atoms with E-state index in [-0.39, 0.29) is 0 Å². The number of nitrogens with zero attached hydrogens (tertiary/aromatic N) is 4. The molecule has 0 aliphatic carbocycles. The van der Waals surface area contributed by atoms with Crippen LogP contribution in [0.1, 0.15) is 5.56 Å². The van der Waals surface area contributed by atoms with Gasteiger partial charge in [-0.3, -0.25) is 14.9 Å². The van der Waals surface area contributed by atoms with Gasteiger partial charge in [0.25, 0.3) is 5.43 Å². The van der Waals surface area contributed by atoms with E-state index in [1.165, 1.54) is 23.3 Å². The van der Waals surface area contributed by atoms with Crippen LogP contribution >= 0.6 is 0 Å². The molecule has 0 saturated heterocycles. The lowest BCUT2D eigenvalue weighted by molar-refractivity contribution is -0.386. The molecule has 2 heterocycles. The predicted octanol–water partition coefficient (Wildman–Crippen LogP) is 2.00. The van der Waals surface area contributed by atoms with Crippen LogP contribution in [-0.4, -0.2) is 19.5 Å². The number of rotatable bonds is 2. The number of pyridine rings is 1. The molecule has 3 aromatic rings. The second kappa shape index (κ2) is 4.78. The van der Waals surface area contributed by atoms with Crippen molar-refractivity contribution in [2.75, 3.05) is 0 Å². The van der Waals surface area contributed by atoms with Gasteiger partial charge in [-0.05, 0) is 19.1 Å². The van der Waals surface area contributed by atoms with Gasteiger partial charge in [0.2, 0.25) is 0 Å². The van der Waals surface area contributed by atoms with E-state index in [0.717, 1.165) is 22.5 Å². The number of fused-ring (bicyclic) bond motifs is 1. The van der Waals surface area contributed by atoms with Crippen LogP contribution in [0.2, 0.25) is 0 Å². The van der Waals surface area contributed by atoms with Crippen LogP contribution < -0.4 is 5.43 Å². The molecule has 0 spiro atoms. The summed E-state index contributed by atoms with van der Waals surface area (Å²) in [7, 11) is 0. The predicted molar refractivity (Wildman–Crippen MR) is 76.5 cm³/mol. The molecule has 0 fully saturated rings. The van der Waals surface area contributed by atoms with Crippen LogP contribution in [-0.2, 0) is 0 Å². The monoisotopic (exact) mass is 282 g/mol. The van der Waals surface area contributed by atoms with Crippen LogP contribution in [0.3, 0.4) is 0 Å². The summed E-state index contributed by atoms with van der Waals surface area (Å²) in [5.74, 6) is 0.492. The van der Waals surface area contributed by atoms with Gasteiger partial charge in [0.1, 0.15) is 12.1 Å². The van der Waals surface area contributed by atoms with Crippen molar-refractivity contribution in [2.24, 2.45) is 0 Å². The van der Waals surface area contributed by atoms with E-state index in [0.29, 0.717) is 5.82 Å². The first-order chi connectivity index (χ1) is 10.1. The summed E-state index contributed by atoms with van der Waals surface area (Å²) in [4.78, 5) is 30.0. The smallest absolute Gasteiger partial charge is 0.301 e. The largest absolute Gasteiger partial charge is 0.332 e. The van der Waals surface area contributed by atoms with Crippen LogP contribution in [0, 0.1) is 17.0 Å². The lowest BCUT2D eigenvalue weighted by Crippen LogP contribution is -2.11. The van der Waals surface area contributed by atoms with Gasteiger partial charge >= 0.3 is 5.69 Å². The van der Waals surface area contributed by atoms with Gasteiger partial charge < -0.3 is 4.57 Å². The fraction of sp³-hybridized carbons (Fsp3) is 0.0714. The minimum Gasteiger partial charge on any atom is -0.301 e. The van der Waals surface area contributed by atoms with Crippen molar-refractivity contribution in [1.29, 1.82) is 0 Å². The van der Waals surface area contributed by atoms with Crippen molar-refractivity contribution in [1.82, 2.24) is 14.5 Å². The Morgan fingerprint density at radius 2 is 2.05 bits per heavy atom. The standard InChI is InChI=1S/C14H10N4O3/c1-9-2-3-11-10(6-9)14(16-8-15-11)17-5-4-13(19)12(7-17)18(20)21/h2-8H,1H3. The highest BCUT2D eigenvalue weighted by Crippen LogP contribution is 2.20. The average molecular weight is 282 g/mol. The van der Waals surface area contributed by atoms with E-state index in [1.807, 2.05) is 25.1 Å². The first-order valence-electron chi connectivity index (χ1n) is 6.15. The van der Waals surface area contributed by atoms with E-state index >= 15 is 0 Å². The number of benzene rings is 1. The van der Waals surface area contributed by atoms with E-state index < -0.39 is 16.0 Å². The molecule has 7 nitrogen and oxygen atoms in total. The molecule has 0 N–H and O–H groups in total. The van der Waals surface area contributed by atoms with Gasteiger partial charge in [-0.25, -0.2) is 9.97 Å².